The van der Waals surface area contributed by atoms with Gasteiger partial charge in [-0.15, -0.1) is 0 Å². The van der Waals surface area contributed by atoms with Crippen LogP contribution in [0.5, 0.6) is 0 Å². The number of nitrogens with zero attached hydrogens (tertiary/aromatic N) is 1. The van der Waals surface area contributed by atoms with E-state index in [1.807, 2.05) is 33.3 Å². The minimum Gasteiger partial charge on any atom is -0.456 e. The van der Waals surface area contributed by atoms with Crippen LogP contribution in [0.3, 0.4) is 0 Å². The van der Waals surface area contributed by atoms with Gasteiger partial charge in [0, 0.05) is 12.8 Å². The second-order valence-electron chi connectivity index (χ2n) is 23.3. The molecule has 1 amide bonds. The minimum atomic E-state index is -4.47. The summed E-state index contributed by atoms with van der Waals surface area (Å²) in [6.45, 7) is 6.88. The Morgan fingerprint density at radius 1 is 0.462 bits per heavy atom. The second-order valence-corrected chi connectivity index (χ2v) is 24.7. The van der Waals surface area contributed by atoms with Crippen molar-refractivity contribution in [3.05, 3.63) is 72.9 Å². The molecule has 3 unspecified atom stereocenters. The predicted octanol–water partition coefficient (Wildman–Crippen LogP) is 20.4. The molecule has 0 rings (SSSR count). The average Bonchev–Trinajstić information content (AvgIpc) is 3.40. The van der Waals surface area contributed by atoms with Crippen LogP contribution in [0.1, 0.15) is 297 Å². The van der Waals surface area contributed by atoms with Crippen molar-refractivity contribution in [1.29, 1.82) is 0 Å². The summed E-state index contributed by atoms with van der Waals surface area (Å²) in [7, 11) is 1.46. The number of quaternary nitrogens is 1. The van der Waals surface area contributed by atoms with E-state index in [1.54, 1.807) is 0 Å². The summed E-state index contributed by atoms with van der Waals surface area (Å²) in [6, 6.07) is -0.879. The summed E-state index contributed by atoms with van der Waals surface area (Å²) in [5.41, 5.74) is 0. The Morgan fingerprint density at radius 2 is 0.833 bits per heavy atom. The lowest BCUT2D eigenvalue weighted by molar-refractivity contribution is -0.870. The molecule has 0 aromatic carbocycles. The monoisotopic (exact) mass is 1110 g/mol. The highest BCUT2D eigenvalue weighted by Crippen LogP contribution is 2.43. The summed E-state index contributed by atoms with van der Waals surface area (Å²) in [5.74, 6) is -0.565. The third-order valence-electron chi connectivity index (χ3n) is 14.4. The fourth-order valence-corrected chi connectivity index (χ4v) is 10.1. The van der Waals surface area contributed by atoms with Crippen molar-refractivity contribution in [1.82, 2.24) is 5.32 Å². The summed E-state index contributed by atoms with van der Waals surface area (Å²) >= 11 is 0. The van der Waals surface area contributed by atoms with E-state index in [0.29, 0.717) is 17.4 Å². The highest BCUT2D eigenvalue weighted by Gasteiger charge is 2.30. The molecule has 0 aromatic rings. The Kier molecular flexibility index (Phi) is 55.8. The maximum absolute atomic E-state index is 13.5. The number of unbranched alkanes of at least 4 members (excludes halogenated alkanes) is 33. The van der Waals surface area contributed by atoms with Crippen molar-refractivity contribution in [2.75, 3.05) is 40.9 Å². The van der Waals surface area contributed by atoms with E-state index >= 15 is 0 Å². The number of rotatable bonds is 59. The lowest BCUT2D eigenvalue weighted by Gasteiger charge is -2.27. The molecule has 0 spiro atoms. The molecule has 0 aliphatic rings. The average molecular weight is 1110 g/mol. The number of ether oxygens (including phenoxy) is 1. The van der Waals surface area contributed by atoms with E-state index in [0.717, 1.165) is 77.0 Å². The molecular formula is C68H126N2O7P+. The topological polar surface area (TPSA) is 111 Å². The number of hydrogen-bond donors (Lipinski definition) is 2. The van der Waals surface area contributed by atoms with Gasteiger partial charge in [-0.3, -0.25) is 18.6 Å². The zero-order chi connectivity index (χ0) is 57.2. The predicted molar refractivity (Wildman–Crippen MR) is 337 cm³/mol. The fraction of sp³-hybridized carbons (Fsp3) is 0.794. The highest BCUT2D eigenvalue weighted by atomic mass is 31.2. The van der Waals surface area contributed by atoms with E-state index < -0.39 is 20.0 Å². The molecule has 0 bridgehead atoms. The number of likely N-dealkylation sites (N-methyl/N-ethyl adjacent to an activating group) is 1. The summed E-state index contributed by atoms with van der Waals surface area (Å²) in [6.07, 6.45) is 75.0. The van der Waals surface area contributed by atoms with Crippen molar-refractivity contribution < 1.29 is 37.3 Å². The van der Waals surface area contributed by atoms with Crippen molar-refractivity contribution in [2.24, 2.45) is 0 Å². The van der Waals surface area contributed by atoms with Crippen LogP contribution >= 0.6 is 7.82 Å². The van der Waals surface area contributed by atoms with Gasteiger partial charge in [0.2, 0.25) is 5.91 Å². The van der Waals surface area contributed by atoms with Crippen LogP contribution in [0, 0.1) is 0 Å². The van der Waals surface area contributed by atoms with Gasteiger partial charge in [0.25, 0.3) is 0 Å². The SMILES string of the molecule is CC/C=C\C/C=C\C/C=C\C/C=C\C/C=C\CCCC(=O)NC(COP(=O)(O)OCC[N+](C)(C)C)C(/C=C\CCCCCCCCCCCC)OC(=O)CCCCCCCCCCCCCCCCCCCCCCCCC. The zero-order valence-electron chi connectivity index (χ0n) is 51.9. The largest absolute Gasteiger partial charge is 0.472 e. The molecule has 2 N–H and O–H groups in total. The number of phosphoric acid groups is 1. The molecule has 454 valence electrons. The van der Waals surface area contributed by atoms with E-state index in [9.17, 15) is 19.0 Å². The Balaban J connectivity index is 5.20. The van der Waals surface area contributed by atoms with Crippen molar-refractivity contribution in [3.8, 4) is 0 Å². The molecule has 0 fully saturated rings. The normalized spacial score (nSPS) is 14.1. The molecule has 0 aliphatic heterocycles. The quantitative estimate of drug-likeness (QED) is 0.0205. The zero-order valence-corrected chi connectivity index (χ0v) is 52.8. The number of phosphoric ester groups is 1. The third kappa shape index (κ3) is 58.1. The Labute approximate surface area is 483 Å². The van der Waals surface area contributed by atoms with Crippen LogP contribution in [-0.4, -0.2) is 74.3 Å². The lowest BCUT2D eigenvalue weighted by atomic mass is 10.0. The maximum Gasteiger partial charge on any atom is 0.472 e. The Bertz CT molecular complexity index is 1570. The first-order valence-electron chi connectivity index (χ1n) is 32.8. The van der Waals surface area contributed by atoms with E-state index in [1.165, 1.54) is 180 Å². The molecular weight excluding hydrogens is 988 g/mol. The third-order valence-corrected chi connectivity index (χ3v) is 15.4. The first-order chi connectivity index (χ1) is 37.9. The smallest absolute Gasteiger partial charge is 0.456 e. The van der Waals surface area contributed by atoms with Crippen LogP contribution < -0.4 is 5.32 Å². The standard InChI is InChI=1S/C68H125N2O7P/c1-7-10-13-16-19-22-25-28-30-32-33-34-35-36-37-39-41-43-46-49-52-55-58-61-68(72)77-66(59-56-53-50-47-44-27-24-21-18-15-12-9-3)65(64-76-78(73,74)75-63-62-70(4,5)6)69-67(71)60-57-54-51-48-45-42-40-38-31-29-26-23-20-17-14-11-8-2/h11,14,20,23,29,31,40,42,48,51,56,59,65-66H,7-10,12-13,15-19,21-22,24-28,30,32-39,41,43-47,49-50,52-55,57-58,60-64H2,1-6H3,(H-,69,71,73,74)/p+1/b14-11-,23-20-,31-29-,42-40-,51-48-,59-56-. The Morgan fingerprint density at radius 3 is 1.24 bits per heavy atom. The number of allylic oxidation sites excluding steroid dienone is 11. The molecule has 0 radical (unpaired) electrons. The van der Waals surface area contributed by atoms with Gasteiger partial charge in [0.05, 0.1) is 33.8 Å². The number of amides is 1. The van der Waals surface area contributed by atoms with Gasteiger partial charge in [-0.2, -0.15) is 0 Å². The van der Waals surface area contributed by atoms with Gasteiger partial charge >= 0.3 is 13.8 Å². The number of carbonyl (C=O) groups is 2. The lowest BCUT2D eigenvalue weighted by Crippen LogP contribution is -2.47. The number of carbonyl (C=O) groups excluding carboxylic acids is 2. The number of nitrogens with one attached hydrogen (secondary N) is 1. The van der Waals surface area contributed by atoms with Gasteiger partial charge in [0.1, 0.15) is 19.3 Å². The summed E-state index contributed by atoms with van der Waals surface area (Å²) in [4.78, 5) is 37.7. The number of esters is 1. The molecule has 78 heavy (non-hydrogen) atoms. The molecule has 0 aromatic heterocycles. The van der Waals surface area contributed by atoms with Crippen LogP contribution in [0.25, 0.3) is 0 Å². The van der Waals surface area contributed by atoms with Gasteiger partial charge in [-0.1, -0.05) is 287 Å². The molecule has 0 heterocycles. The highest BCUT2D eigenvalue weighted by molar-refractivity contribution is 7.47. The van der Waals surface area contributed by atoms with Crippen LogP contribution in [0.4, 0.5) is 0 Å². The number of hydrogen-bond acceptors (Lipinski definition) is 6. The molecule has 0 saturated carbocycles. The minimum absolute atomic E-state index is 0.0286. The van der Waals surface area contributed by atoms with E-state index in [-0.39, 0.29) is 37.9 Å². The van der Waals surface area contributed by atoms with Crippen LogP contribution in [0.2, 0.25) is 0 Å². The van der Waals surface area contributed by atoms with Gasteiger partial charge in [0.15, 0.2) is 0 Å². The van der Waals surface area contributed by atoms with E-state index in [4.69, 9.17) is 13.8 Å². The fourth-order valence-electron chi connectivity index (χ4n) is 9.39. The molecule has 9 nitrogen and oxygen atoms in total. The summed E-state index contributed by atoms with van der Waals surface area (Å²) < 4.78 is 30.7. The first-order valence-corrected chi connectivity index (χ1v) is 34.3. The van der Waals surface area contributed by atoms with Crippen molar-refractivity contribution >= 4 is 19.7 Å². The van der Waals surface area contributed by atoms with Crippen molar-refractivity contribution in [3.63, 3.8) is 0 Å². The van der Waals surface area contributed by atoms with Crippen LogP contribution in [0.15, 0.2) is 72.9 Å². The van der Waals surface area contributed by atoms with Gasteiger partial charge in [-0.25, -0.2) is 4.57 Å². The first kappa shape index (κ1) is 75.5. The van der Waals surface area contributed by atoms with Crippen LogP contribution in [-0.2, 0) is 27.9 Å². The van der Waals surface area contributed by atoms with Gasteiger partial charge in [-0.05, 0) is 70.3 Å². The second kappa shape index (κ2) is 57.7. The summed E-state index contributed by atoms with van der Waals surface area (Å²) in [5, 5.41) is 3.03. The Hall–Kier alpha value is -2.55. The molecule has 0 saturated heterocycles. The molecule has 0 aliphatic carbocycles. The van der Waals surface area contributed by atoms with Crippen molar-refractivity contribution in [2.45, 2.75) is 309 Å². The van der Waals surface area contributed by atoms with Gasteiger partial charge < -0.3 is 19.4 Å². The molecule has 3 atom stereocenters. The maximum atomic E-state index is 13.5. The molecule has 10 heteroatoms. The van der Waals surface area contributed by atoms with E-state index in [2.05, 4.69) is 86.8 Å².